The van der Waals surface area contributed by atoms with Gasteiger partial charge in [-0.1, -0.05) is 29.8 Å². The van der Waals surface area contributed by atoms with Gasteiger partial charge in [-0.25, -0.2) is 0 Å². The molecule has 0 fully saturated rings. The first-order valence-electron chi connectivity index (χ1n) is 8.92. The highest BCUT2D eigenvalue weighted by Gasteiger charge is 2.16. The largest absolute Gasteiger partial charge is 0.457 e. The van der Waals surface area contributed by atoms with E-state index >= 15 is 0 Å². The van der Waals surface area contributed by atoms with Crippen LogP contribution >= 0.6 is 23.4 Å². The summed E-state index contributed by atoms with van der Waals surface area (Å²) < 4.78 is 7.26. The number of nitrogens with zero attached hydrogens (tertiary/aromatic N) is 2. The highest BCUT2D eigenvalue weighted by molar-refractivity contribution is 7.98. The molecule has 0 aliphatic carbocycles. The summed E-state index contributed by atoms with van der Waals surface area (Å²) in [5, 5.41) is 5.89. The number of hydrogen-bond donors (Lipinski definition) is 0. The molecule has 0 atom stereocenters. The van der Waals surface area contributed by atoms with Crippen LogP contribution in [0.4, 0.5) is 0 Å². The summed E-state index contributed by atoms with van der Waals surface area (Å²) >= 11 is 7.39. The summed E-state index contributed by atoms with van der Waals surface area (Å²) in [5.41, 5.74) is 2.16. The summed E-state index contributed by atoms with van der Waals surface area (Å²) in [6.07, 6.45) is 1.92. The minimum absolute atomic E-state index is 0.193. The quantitative estimate of drug-likeness (QED) is 0.350. The van der Waals surface area contributed by atoms with Gasteiger partial charge in [0.15, 0.2) is 0 Å². The van der Waals surface area contributed by atoms with Gasteiger partial charge in [0.2, 0.25) is 0 Å². The molecule has 0 unspecified atom stereocenters. The number of benzene rings is 3. The zero-order chi connectivity index (χ0) is 20.2. The molecule has 144 valence electrons. The molecule has 0 saturated carbocycles. The molecule has 29 heavy (non-hydrogen) atoms. The summed E-state index contributed by atoms with van der Waals surface area (Å²) in [5.74, 6) is 1.32. The zero-order valence-electron chi connectivity index (χ0n) is 15.6. The van der Waals surface area contributed by atoms with E-state index in [9.17, 15) is 4.79 Å². The molecule has 0 N–H and O–H groups in total. The number of carbonyl (C=O) groups excluding carboxylic acids is 1. The molecule has 0 spiro atoms. The number of hydrogen-bond acceptors (Lipinski definition) is 4. The van der Waals surface area contributed by atoms with E-state index in [1.807, 2.05) is 66.9 Å². The highest BCUT2D eigenvalue weighted by Crippen LogP contribution is 2.28. The van der Waals surface area contributed by atoms with Gasteiger partial charge in [0.1, 0.15) is 16.5 Å². The number of halogens is 1. The van der Waals surface area contributed by atoms with Crippen molar-refractivity contribution in [2.45, 2.75) is 5.03 Å². The van der Waals surface area contributed by atoms with Crippen molar-refractivity contribution in [2.24, 2.45) is 0 Å². The molecule has 4 nitrogen and oxygen atoms in total. The Hall–Kier alpha value is -3.02. The first-order valence-corrected chi connectivity index (χ1v) is 10.5. The molecular weight excluding hydrogens is 404 g/mol. The van der Waals surface area contributed by atoms with Crippen LogP contribution in [0.2, 0.25) is 5.02 Å². The van der Waals surface area contributed by atoms with Crippen molar-refractivity contribution in [3.63, 3.8) is 0 Å². The molecule has 6 heteroatoms. The van der Waals surface area contributed by atoms with E-state index in [-0.39, 0.29) is 5.91 Å². The fraction of sp³-hybridized carbons (Fsp3) is 0.0435. The second kappa shape index (κ2) is 8.55. The van der Waals surface area contributed by atoms with Crippen LogP contribution in [0.15, 0.2) is 90.0 Å². The molecule has 1 heterocycles. The van der Waals surface area contributed by atoms with E-state index < -0.39 is 0 Å². The van der Waals surface area contributed by atoms with E-state index in [1.54, 1.807) is 24.3 Å². The SMILES string of the molecule is CSc1cc(-c2ccc(Oc3ccccc3)cc2)nn1C(=O)c1ccc(Cl)cc1. The molecule has 1 aromatic heterocycles. The summed E-state index contributed by atoms with van der Waals surface area (Å²) in [6.45, 7) is 0. The Bertz CT molecular complexity index is 1120. The molecule has 0 radical (unpaired) electrons. The maximum Gasteiger partial charge on any atom is 0.279 e. The van der Waals surface area contributed by atoms with Crippen LogP contribution < -0.4 is 4.74 Å². The third-order valence-electron chi connectivity index (χ3n) is 4.30. The third-order valence-corrected chi connectivity index (χ3v) is 5.26. The topological polar surface area (TPSA) is 44.1 Å². The van der Waals surface area contributed by atoms with Gasteiger partial charge in [-0.05, 0) is 73.0 Å². The van der Waals surface area contributed by atoms with Crippen LogP contribution in [0.3, 0.4) is 0 Å². The lowest BCUT2D eigenvalue weighted by Crippen LogP contribution is -2.14. The minimum Gasteiger partial charge on any atom is -0.457 e. The predicted octanol–water partition coefficient (Wildman–Crippen LogP) is 6.41. The number of ether oxygens (including phenoxy) is 1. The molecule has 3 aromatic carbocycles. The molecule has 4 rings (SSSR count). The van der Waals surface area contributed by atoms with E-state index in [2.05, 4.69) is 5.10 Å². The van der Waals surface area contributed by atoms with Crippen molar-refractivity contribution in [1.82, 2.24) is 9.78 Å². The maximum absolute atomic E-state index is 12.9. The van der Waals surface area contributed by atoms with Crippen molar-refractivity contribution in [2.75, 3.05) is 6.26 Å². The van der Waals surface area contributed by atoms with E-state index in [4.69, 9.17) is 16.3 Å². The van der Waals surface area contributed by atoms with Gasteiger partial charge in [0, 0.05) is 16.1 Å². The van der Waals surface area contributed by atoms with Crippen LogP contribution in [0.1, 0.15) is 10.4 Å². The highest BCUT2D eigenvalue weighted by atomic mass is 35.5. The van der Waals surface area contributed by atoms with Gasteiger partial charge >= 0.3 is 0 Å². The van der Waals surface area contributed by atoms with E-state index in [0.29, 0.717) is 10.6 Å². The lowest BCUT2D eigenvalue weighted by Gasteiger charge is -2.06. The normalized spacial score (nSPS) is 10.7. The number of thioether (sulfide) groups is 1. The maximum atomic E-state index is 12.9. The second-order valence-electron chi connectivity index (χ2n) is 6.24. The fourth-order valence-corrected chi connectivity index (χ4v) is 3.48. The second-order valence-corrected chi connectivity index (χ2v) is 7.50. The van der Waals surface area contributed by atoms with Gasteiger partial charge < -0.3 is 4.74 Å². The Morgan fingerprint density at radius 1 is 0.931 bits per heavy atom. The van der Waals surface area contributed by atoms with Crippen LogP contribution in [0.25, 0.3) is 11.3 Å². The lowest BCUT2D eigenvalue weighted by atomic mass is 10.1. The minimum atomic E-state index is -0.193. The van der Waals surface area contributed by atoms with Gasteiger partial charge in [-0.3, -0.25) is 4.79 Å². The standard InChI is InChI=1S/C23H17ClN2O2S/c1-29-22-15-21(25-26(22)23(27)17-7-11-18(24)12-8-17)16-9-13-20(14-10-16)28-19-5-3-2-4-6-19/h2-15H,1H3. The molecule has 0 aliphatic rings. The van der Waals surface area contributed by atoms with Gasteiger partial charge in [0.25, 0.3) is 5.91 Å². The Morgan fingerprint density at radius 2 is 1.59 bits per heavy atom. The Morgan fingerprint density at radius 3 is 2.24 bits per heavy atom. The van der Waals surface area contributed by atoms with Crippen LogP contribution in [-0.4, -0.2) is 21.9 Å². The monoisotopic (exact) mass is 420 g/mol. The molecule has 4 aromatic rings. The van der Waals surface area contributed by atoms with E-state index in [1.165, 1.54) is 16.4 Å². The molecule has 0 amide bonds. The molecule has 0 saturated heterocycles. The van der Waals surface area contributed by atoms with Crippen LogP contribution in [0.5, 0.6) is 11.5 Å². The first kappa shape index (κ1) is 19.3. The van der Waals surface area contributed by atoms with Crippen molar-refractivity contribution in [3.05, 3.63) is 95.5 Å². The Kier molecular flexibility index (Phi) is 5.69. The van der Waals surface area contributed by atoms with Gasteiger partial charge in [-0.2, -0.15) is 9.78 Å². The van der Waals surface area contributed by atoms with Gasteiger partial charge in [-0.15, -0.1) is 11.8 Å². The number of para-hydroxylation sites is 1. The molecule has 0 aliphatic heterocycles. The van der Waals surface area contributed by atoms with Crippen LogP contribution in [-0.2, 0) is 0 Å². The molecular formula is C23H17ClN2O2S. The first-order chi connectivity index (χ1) is 14.1. The zero-order valence-corrected chi connectivity index (χ0v) is 17.2. The Labute approximate surface area is 178 Å². The fourth-order valence-electron chi connectivity index (χ4n) is 2.83. The summed E-state index contributed by atoms with van der Waals surface area (Å²) in [4.78, 5) is 12.9. The average Bonchev–Trinajstić information content (AvgIpc) is 3.19. The van der Waals surface area contributed by atoms with Crippen molar-refractivity contribution in [1.29, 1.82) is 0 Å². The predicted molar refractivity (Wildman–Crippen MR) is 117 cm³/mol. The Balaban J connectivity index is 1.59. The summed E-state index contributed by atoms with van der Waals surface area (Å²) in [6, 6.07) is 26.0. The van der Waals surface area contributed by atoms with E-state index in [0.717, 1.165) is 27.8 Å². The average molecular weight is 421 g/mol. The lowest BCUT2D eigenvalue weighted by molar-refractivity contribution is 0.0935. The van der Waals surface area contributed by atoms with Crippen LogP contribution in [0, 0.1) is 0 Å². The summed E-state index contributed by atoms with van der Waals surface area (Å²) in [7, 11) is 0. The van der Waals surface area contributed by atoms with Gasteiger partial charge in [0.05, 0.1) is 5.69 Å². The van der Waals surface area contributed by atoms with Crippen molar-refractivity contribution in [3.8, 4) is 22.8 Å². The number of carbonyl (C=O) groups is 1. The smallest absolute Gasteiger partial charge is 0.279 e. The van der Waals surface area contributed by atoms with Crippen molar-refractivity contribution >= 4 is 29.3 Å². The number of aromatic nitrogens is 2. The van der Waals surface area contributed by atoms with Crippen molar-refractivity contribution < 1.29 is 9.53 Å². The third kappa shape index (κ3) is 4.36. The number of rotatable bonds is 5. The molecule has 0 bridgehead atoms.